The first-order chi connectivity index (χ1) is 9.50. The van der Waals surface area contributed by atoms with E-state index < -0.39 is 10.2 Å². The first-order valence-electron chi connectivity index (χ1n) is 6.61. The smallest absolute Gasteiger partial charge is 0.236 e. The molecule has 2 heterocycles. The van der Waals surface area contributed by atoms with Crippen molar-refractivity contribution in [1.29, 1.82) is 0 Å². The summed E-state index contributed by atoms with van der Waals surface area (Å²) in [4.78, 5) is 0. The molecule has 0 aliphatic carbocycles. The van der Waals surface area contributed by atoms with Crippen LogP contribution in [-0.2, 0) is 30.2 Å². The molecule has 0 saturated carbocycles. The molecule has 0 radical (unpaired) electrons. The summed E-state index contributed by atoms with van der Waals surface area (Å²) in [5.74, 6) is 0.698. The average molecular weight is 292 g/mol. The van der Waals surface area contributed by atoms with Crippen LogP contribution in [0.1, 0.15) is 17.0 Å². The van der Waals surface area contributed by atoms with E-state index in [9.17, 15) is 8.42 Å². The highest BCUT2D eigenvalue weighted by molar-refractivity contribution is 7.87. The Labute approximate surface area is 119 Å². The maximum Gasteiger partial charge on any atom is 0.380 e. The Hall–Kier alpha value is -1.66. The van der Waals surface area contributed by atoms with Crippen LogP contribution in [0.4, 0.5) is 0 Å². The molecule has 3 rings (SSSR count). The van der Waals surface area contributed by atoms with Gasteiger partial charge < -0.3 is 0 Å². The zero-order valence-corrected chi connectivity index (χ0v) is 12.5. The Morgan fingerprint density at radius 2 is 1.90 bits per heavy atom. The summed E-state index contributed by atoms with van der Waals surface area (Å²) in [5, 5.41) is 0. The molecule has 2 aromatic rings. The third-order valence-electron chi connectivity index (χ3n) is 3.93. The number of imidazole rings is 1. The molecule has 0 fully saturated rings. The average Bonchev–Trinajstić information content (AvgIpc) is 2.79. The zero-order valence-electron chi connectivity index (χ0n) is 11.7. The van der Waals surface area contributed by atoms with Crippen LogP contribution in [0.2, 0.25) is 0 Å². The summed E-state index contributed by atoms with van der Waals surface area (Å²) in [6.07, 6.45) is 4.12. The second-order valence-electron chi connectivity index (χ2n) is 5.11. The van der Waals surface area contributed by atoms with Crippen LogP contribution in [-0.4, -0.2) is 23.2 Å². The summed E-state index contributed by atoms with van der Waals surface area (Å²) < 4.78 is 30.1. The van der Waals surface area contributed by atoms with E-state index in [2.05, 4.69) is 6.07 Å². The Bertz CT molecular complexity index is 750. The summed E-state index contributed by atoms with van der Waals surface area (Å²) in [5.41, 5.74) is 2.34. The standard InChI is InChI=1S/C14H18N3O2S/c1-12-15(2)9-10-17(12)20(18,19)16-8-7-13-5-3-4-6-14(13)11-16/h3-6,9-10H,7-8,11H2,1-2H3/q+1. The van der Waals surface area contributed by atoms with Gasteiger partial charge in [-0.25, -0.2) is 4.57 Å². The zero-order chi connectivity index (χ0) is 14.3. The predicted octanol–water partition coefficient (Wildman–Crippen LogP) is 0.772. The van der Waals surface area contributed by atoms with Crippen molar-refractivity contribution in [1.82, 2.24) is 8.28 Å². The molecule has 0 spiro atoms. The van der Waals surface area contributed by atoms with Gasteiger partial charge in [0.2, 0.25) is 0 Å². The maximum absolute atomic E-state index is 12.7. The predicted molar refractivity (Wildman–Crippen MR) is 75.2 cm³/mol. The van der Waals surface area contributed by atoms with Gasteiger partial charge in [0.1, 0.15) is 12.4 Å². The van der Waals surface area contributed by atoms with Crippen molar-refractivity contribution in [2.24, 2.45) is 7.05 Å². The summed E-state index contributed by atoms with van der Waals surface area (Å²) in [7, 11) is -1.65. The minimum atomic E-state index is -3.49. The van der Waals surface area contributed by atoms with Gasteiger partial charge in [0.05, 0.1) is 7.05 Å². The lowest BCUT2D eigenvalue weighted by molar-refractivity contribution is -0.676. The van der Waals surface area contributed by atoms with Crippen LogP contribution in [0.15, 0.2) is 36.7 Å². The lowest BCUT2D eigenvalue weighted by Crippen LogP contribution is -2.41. The van der Waals surface area contributed by atoms with Crippen LogP contribution in [0.5, 0.6) is 0 Å². The van der Waals surface area contributed by atoms with Crippen molar-refractivity contribution in [3.8, 4) is 0 Å². The Morgan fingerprint density at radius 3 is 2.55 bits per heavy atom. The quantitative estimate of drug-likeness (QED) is 0.768. The molecular weight excluding hydrogens is 274 g/mol. The topological polar surface area (TPSA) is 46.2 Å². The highest BCUT2D eigenvalue weighted by Gasteiger charge is 2.33. The molecule has 1 aromatic heterocycles. The molecule has 0 atom stereocenters. The Balaban J connectivity index is 1.96. The van der Waals surface area contributed by atoms with Crippen molar-refractivity contribution < 1.29 is 13.0 Å². The van der Waals surface area contributed by atoms with Gasteiger partial charge in [-0.05, 0) is 17.5 Å². The summed E-state index contributed by atoms with van der Waals surface area (Å²) in [6.45, 7) is 2.77. The Kier molecular flexibility index (Phi) is 3.14. The first kappa shape index (κ1) is 13.3. The van der Waals surface area contributed by atoms with E-state index in [-0.39, 0.29) is 0 Å². The van der Waals surface area contributed by atoms with Gasteiger partial charge in [0.15, 0.2) is 0 Å². The van der Waals surface area contributed by atoms with E-state index in [1.54, 1.807) is 28.2 Å². The number of aryl methyl sites for hydroxylation is 1. The van der Waals surface area contributed by atoms with E-state index in [0.717, 1.165) is 12.0 Å². The second-order valence-corrected chi connectivity index (χ2v) is 6.92. The number of aromatic nitrogens is 2. The van der Waals surface area contributed by atoms with Crippen molar-refractivity contribution in [2.75, 3.05) is 6.54 Å². The van der Waals surface area contributed by atoms with E-state index in [0.29, 0.717) is 18.9 Å². The molecule has 20 heavy (non-hydrogen) atoms. The molecule has 1 aliphatic heterocycles. The second kappa shape index (κ2) is 4.71. The van der Waals surface area contributed by atoms with Gasteiger partial charge in [-0.3, -0.25) is 0 Å². The minimum absolute atomic E-state index is 0.444. The van der Waals surface area contributed by atoms with E-state index in [4.69, 9.17) is 0 Å². The fourth-order valence-electron chi connectivity index (χ4n) is 2.57. The van der Waals surface area contributed by atoms with Gasteiger partial charge in [0, 0.05) is 20.0 Å². The number of fused-ring (bicyclic) bond motifs is 1. The van der Waals surface area contributed by atoms with Gasteiger partial charge in [-0.1, -0.05) is 24.3 Å². The summed E-state index contributed by atoms with van der Waals surface area (Å²) >= 11 is 0. The molecule has 0 unspecified atom stereocenters. The first-order valence-corrected chi connectivity index (χ1v) is 8.01. The van der Waals surface area contributed by atoms with Crippen molar-refractivity contribution in [2.45, 2.75) is 19.9 Å². The lowest BCUT2D eigenvalue weighted by Gasteiger charge is -2.26. The fourth-order valence-corrected chi connectivity index (χ4v) is 4.11. The highest BCUT2D eigenvalue weighted by Crippen LogP contribution is 2.21. The van der Waals surface area contributed by atoms with Gasteiger partial charge in [-0.15, -0.1) is 3.97 Å². The number of hydrogen-bond donors (Lipinski definition) is 0. The number of rotatable bonds is 2. The molecule has 1 aliphatic rings. The SMILES string of the molecule is Cc1n(S(=O)(=O)N2CCc3ccccc3C2)cc[n+]1C. The van der Waals surface area contributed by atoms with E-state index in [1.807, 2.05) is 25.2 Å². The van der Waals surface area contributed by atoms with Gasteiger partial charge >= 0.3 is 10.2 Å². The Morgan fingerprint density at radius 1 is 1.20 bits per heavy atom. The number of benzene rings is 1. The van der Waals surface area contributed by atoms with E-state index in [1.165, 1.54) is 9.54 Å². The third kappa shape index (κ3) is 2.05. The molecule has 0 amide bonds. The molecule has 1 aromatic carbocycles. The van der Waals surface area contributed by atoms with Crippen LogP contribution in [0.3, 0.4) is 0 Å². The highest BCUT2D eigenvalue weighted by atomic mass is 32.2. The maximum atomic E-state index is 12.7. The fraction of sp³-hybridized carbons (Fsp3) is 0.357. The van der Waals surface area contributed by atoms with Crippen LogP contribution < -0.4 is 4.57 Å². The van der Waals surface area contributed by atoms with Crippen molar-refractivity contribution >= 4 is 10.2 Å². The molecular formula is C14H18N3O2S+. The van der Waals surface area contributed by atoms with Gasteiger partial charge in [-0.2, -0.15) is 12.7 Å². The van der Waals surface area contributed by atoms with E-state index >= 15 is 0 Å². The molecule has 0 bridgehead atoms. The summed E-state index contributed by atoms with van der Waals surface area (Å²) in [6, 6.07) is 8.02. The lowest BCUT2D eigenvalue weighted by atomic mass is 10.0. The van der Waals surface area contributed by atoms with Crippen molar-refractivity contribution in [3.63, 3.8) is 0 Å². The number of hydrogen-bond acceptors (Lipinski definition) is 2. The van der Waals surface area contributed by atoms with Crippen molar-refractivity contribution in [3.05, 3.63) is 53.6 Å². The molecule has 6 heteroatoms. The third-order valence-corrected chi connectivity index (χ3v) is 5.77. The monoisotopic (exact) mass is 292 g/mol. The minimum Gasteiger partial charge on any atom is -0.236 e. The van der Waals surface area contributed by atoms with Crippen LogP contribution >= 0.6 is 0 Å². The molecule has 0 N–H and O–H groups in total. The largest absolute Gasteiger partial charge is 0.380 e. The molecule has 0 saturated heterocycles. The van der Waals surface area contributed by atoms with Gasteiger partial charge in [0.25, 0.3) is 5.82 Å². The molecule has 5 nitrogen and oxygen atoms in total. The van der Waals surface area contributed by atoms with Crippen LogP contribution in [0.25, 0.3) is 0 Å². The number of nitrogens with zero attached hydrogens (tertiary/aromatic N) is 3. The normalized spacial score (nSPS) is 16.1. The van der Waals surface area contributed by atoms with Crippen LogP contribution in [0, 0.1) is 6.92 Å². The molecule has 106 valence electrons.